The average Bonchev–Trinajstić information content (AvgIpc) is 2.30. The lowest BCUT2D eigenvalue weighted by molar-refractivity contribution is 0.188. The zero-order chi connectivity index (χ0) is 11.4. The molecular formula is C11H15N3O2. The molecule has 1 fully saturated rings. The van der Waals surface area contributed by atoms with Crippen LogP contribution < -0.4 is 10.2 Å². The highest BCUT2D eigenvalue weighted by Gasteiger charge is 2.21. The molecule has 0 spiro atoms. The summed E-state index contributed by atoms with van der Waals surface area (Å²) in [5, 5.41) is 11.2. The second-order valence-electron chi connectivity index (χ2n) is 3.95. The highest BCUT2D eigenvalue weighted by atomic mass is 16.4. The number of hydrogen-bond donors (Lipinski definition) is 2. The monoisotopic (exact) mass is 221 g/mol. The van der Waals surface area contributed by atoms with Crippen LogP contribution in [0.4, 0.5) is 10.5 Å². The number of hydrogen-bond acceptors (Lipinski definition) is 3. The maximum absolute atomic E-state index is 10.6. The summed E-state index contributed by atoms with van der Waals surface area (Å²) >= 11 is 0. The van der Waals surface area contributed by atoms with Gasteiger partial charge in [-0.3, -0.25) is 4.98 Å². The first-order valence-electron chi connectivity index (χ1n) is 5.40. The van der Waals surface area contributed by atoms with Gasteiger partial charge in [0.05, 0.1) is 11.9 Å². The van der Waals surface area contributed by atoms with E-state index in [9.17, 15) is 4.79 Å². The summed E-state index contributed by atoms with van der Waals surface area (Å²) in [6, 6.07) is 3.91. The Labute approximate surface area is 94.1 Å². The first-order valence-corrected chi connectivity index (χ1v) is 5.40. The van der Waals surface area contributed by atoms with Gasteiger partial charge in [0.1, 0.15) is 0 Å². The molecule has 2 rings (SSSR count). The molecule has 1 saturated heterocycles. The Morgan fingerprint density at radius 3 is 3.19 bits per heavy atom. The van der Waals surface area contributed by atoms with E-state index >= 15 is 0 Å². The fraction of sp³-hybridized carbons (Fsp3) is 0.455. The van der Waals surface area contributed by atoms with Crippen LogP contribution in [0, 0.1) is 0 Å². The van der Waals surface area contributed by atoms with Crippen molar-refractivity contribution in [1.29, 1.82) is 0 Å². The van der Waals surface area contributed by atoms with Crippen molar-refractivity contribution in [2.24, 2.45) is 0 Å². The van der Waals surface area contributed by atoms with E-state index in [1.165, 1.54) is 0 Å². The number of anilines is 1. The summed E-state index contributed by atoms with van der Waals surface area (Å²) in [6.07, 6.45) is 4.50. The second kappa shape index (κ2) is 4.83. The van der Waals surface area contributed by atoms with Gasteiger partial charge in [0.15, 0.2) is 0 Å². The molecule has 0 aliphatic carbocycles. The molecule has 1 aliphatic heterocycles. The predicted molar refractivity (Wildman–Crippen MR) is 60.6 cm³/mol. The zero-order valence-corrected chi connectivity index (χ0v) is 8.97. The summed E-state index contributed by atoms with van der Waals surface area (Å²) in [5.41, 5.74) is 1.05. The van der Waals surface area contributed by atoms with Crippen LogP contribution in [-0.4, -0.2) is 35.3 Å². The van der Waals surface area contributed by atoms with E-state index in [-0.39, 0.29) is 6.04 Å². The molecule has 1 aromatic heterocycles. The maximum Gasteiger partial charge on any atom is 0.404 e. The SMILES string of the molecule is O=C(O)NC1CCCN(c2cccnc2)C1. The van der Waals surface area contributed by atoms with Gasteiger partial charge in [0, 0.05) is 25.3 Å². The second-order valence-corrected chi connectivity index (χ2v) is 3.95. The van der Waals surface area contributed by atoms with Crippen molar-refractivity contribution in [3.8, 4) is 0 Å². The van der Waals surface area contributed by atoms with Crippen LogP contribution in [0.3, 0.4) is 0 Å². The molecule has 1 amide bonds. The lowest BCUT2D eigenvalue weighted by Crippen LogP contribution is -2.47. The molecule has 86 valence electrons. The van der Waals surface area contributed by atoms with Crippen LogP contribution in [0.25, 0.3) is 0 Å². The molecule has 0 bridgehead atoms. The first-order chi connectivity index (χ1) is 7.75. The Morgan fingerprint density at radius 2 is 2.50 bits per heavy atom. The van der Waals surface area contributed by atoms with Gasteiger partial charge in [0.25, 0.3) is 0 Å². The van der Waals surface area contributed by atoms with Crippen LogP contribution in [0.1, 0.15) is 12.8 Å². The largest absolute Gasteiger partial charge is 0.465 e. The van der Waals surface area contributed by atoms with E-state index in [0.717, 1.165) is 31.6 Å². The van der Waals surface area contributed by atoms with Crippen molar-refractivity contribution in [1.82, 2.24) is 10.3 Å². The summed E-state index contributed by atoms with van der Waals surface area (Å²) in [6.45, 7) is 1.68. The molecule has 1 aromatic rings. The lowest BCUT2D eigenvalue weighted by atomic mass is 10.1. The Kier molecular flexibility index (Phi) is 3.24. The number of nitrogens with zero attached hydrogens (tertiary/aromatic N) is 2. The molecule has 1 aliphatic rings. The predicted octanol–water partition coefficient (Wildman–Crippen LogP) is 1.32. The molecule has 0 saturated carbocycles. The van der Waals surface area contributed by atoms with Gasteiger partial charge in [-0.1, -0.05) is 0 Å². The number of piperidine rings is 1. The number of nitrogens with one attached hydrogen (secondary N) is 1. The van der Waals surface area contributed by atoms with Crippen molar-refractivity contribution < 1.29 is 9.90 Å². The lowest BCUT2D eigenvalue weighted by Gasteiger charge is -2.33. The van der Waals surface area contributed by atoms with Crippen molar-refractivity contribution in [2.45, 2.75) is 18.9 Å². The fourth-order valence-corrected chi connectivity index (χ4v) is 2.04. The van der Waals surface area contributed by atoms with E-state index < -0.39 is 6.09 Å². The maximum atomic E-state index is 10.6. The highest BCUT2D eigenvalue weighted by Crippen LogP contribution is 2.18. The molecule has 16 heavy (non-hydrogen) atoms. The Morgan fingerprint density at radius 1 is 1.62 bits per heavy atom. The number of aromatic nitrogens is 1. The van der Waals surface area contributed by atoms with Gasteiger partial charge >= 0.3 is 6.09 Å². The van der Waals surface area contributed by atoms with Crippen molar-refractivity contribution in [2.75, 3.05) is 18.0 Å². The molecule has 5 nitrogen and oxygen atoms in total. The molecule has 2 N–H and O–H groups in total. The Bertz CT molecular complexity index is 356. The third-order valence-electron chi connectivity index (χ3n) is 2.76. The Balaban J connectivity index is 1.99. The molecule has 1 unspecified atom stereocenters. The average molecular weight is 221 g/mol. The molecule has 0 radical (unpaired) electrons. The van der Waals surface area contributed by atoms with Crippen LogP contribution in [0.15, 0.2) is 24.5 Å². The van der Waals surface area contributed by atoms with Gasteiger partial charge < -0.3 is 15.3 Å². The molecule has 1 atom stereocenters. The van der Waals surface area contributed by atoms with E-state index in [2.05, 4.69) is 15.2 Å². The van der Waals surface area contributed by atoms with E-state index in [1.807, 2.05) is 18.3 Å². The van der Waals surface area contributed by atoms with Gasteiger partial charge in [-0.05, 0) is 25.0 Å². The quantitative estimate of drug-likeness (QED) is 0.790. The summed E-state index contributed by atoms with van der Waals surface area (Å²) in [7, 11) is 0. The van der Waals surface area contributed by atoms with E-state index in [4.69, 9.17) is 5.11 Å². The third kappa shape index (κ3) is 2.62. The van der Waals surface area contributed by atoms with Crippen LogP contribution in [0.5, 0.6) is 0 Å². The van der Waals surface area contributed by atoms with E-state index in [1.54, 1.807) is 6.20 Å². The molecule has 5 heteroatoms. The number of carbonyl (C=O) groups is 1. The minimum absolute atomic E-state index is 0.0199. The van der Waals surface area contributed by atoms with Gasteiger partial charge in [0.2, 0.25) is 0 Å². The minimum atomic E-state index is -0.946. The summed E-state index contributed by atoms with van der Waals surface area (Å²) in [5.74, 6) is 0. The first kappa shape index (κ1) is 10.7. The van der Waals surface area contributed by atoms with Crippen molar-refractivity contribution in [3.05, 3.63) is 24.5 Å². The number of carboxylic acid groups (broad SMARTS) is 1. The molecule has 0 aromatic carbocycles. The topological polar surface area (TPSA) is 65.5 Å². The summed E-state index contributed by atoms with van der Waals surface area (Å²) < 4.78 is 0. The third-order valence-corrected chi connectivity index (χ3v) is 2.76. The summed E-state index contributed by atoms with van der Waals surface area (Å²) in [4.78, 5) is 16.8. The smallest absolute Gasteiger partial charge is 0.404 e. The van der Waals surface area contributed by atoms with E-state index in [0.29, 0.717) is 0 Å². The van der Waals surface area contributed by atoms with Gasteiger partial charge in [-0.2, -0.15) is 0 Å². The molecular weight excluding hydrogens is 206 g/mol. The zero-order valence-electron chi connectivity index (χ0n) is 8.97. The number of rotatable bonds is 2. The van der Waals surface area contributed by atoms with Crippen LogP contribution in [0.2, 0.25) is 0 Å². The van der Waals surface area contributed by atoms with Crippen molar-refractivity contribution >= 4 is 11.8 Å². The number of pyridine rings is 1. The fourth-order valence-electron chi connectivity index (χ4n) is 2.04. The van der Waals surface area contributed by atoms with Crippen LogP contribution >= 0.6 is 0 Å². The molecule has 2 heterocycles. The minimum Gasteiger partial charge on any atom is -0.465 e. The van der Waals surface area contributed by atoms with Crippen LogP contribution in [-0.2, 0) is 0 Å². The Hall–Kier alpha value is -1.78. The standard InChI is InChI=1S/C11H15N3O2/c15-11(16)13-9-3-2-6-14(8-9)10-4-1-5-12-7-10/h1,4-5,7,9,13H,2-3,6,8H2,(H,15,16). The normalized spacial score (nSPS) is 20.5. The number of amides is 1. The van der Waals surface area contributed by atoms with Gasteiger partial charge in [-0.15, -0.1) is 0 Å². The van der Waals surface area contributed by atoms with Gasteiger partial charge in [-0.25, -0.2) is 4.79 Å². The van der Waals surface area contributed by atoms with Crippen molar-refractivity contribution in [3.63, 3.8) is 0 Å². The highest BCUT2D eigenvalue weighted by molar-refractivity contribution is 5.65.